The van der Waals surface area contributed by atoms with Crippen molar-refractivity contribution in [1.82, 2.24) is 0 Å². The highest BCUT2D eigenvalue weighted by Gasteiger charge is 2.19. The SMILES string of the molecule is N#Cc1ccc(Oc2ccc(C(=O)O)o2)c([N+](=O)[O-])c1. The van der Waals surface area contributed by atoms with Gasteiger partial charge in [-0.3, -0.25) is 10.1 Å². The van der Waals surface area contributed by atoms with Crippen LogP contribution in [0.2, 0.25) is 0 Å². The fourth-order valence-corrected chi connectivity index (χ4v) is 1.41. The molecule has 0 aliphatic rings. The van der Waals surface area contributed by atoms with E-state index in [1.165, 1.54) is 18.2 Å². The second-order valence-electron chi connectivity index (χ2n) is 3.58. The molecule has 0 saturated carbocycles. The van der Waals surface area contributed by atoms with Crippen LogP contribution in [0.4, 0.5) is 5.69 Å². The maximum Gasteiger partial charge on any atom is 0.371 e. The van der Waals surface area contributed by atoms with Crippen molar-refractivity contribution >= 4 is 11.7 Å². The van der Waals surface area contributed by atoms with Crippen LogP contribution in [-0.4, -0.2) is 16.0 Å². The normalized spacial score (nSPS) is 9.75. The number of nitro benzene ring substituents is 1. The second kappa shape index (κ2) is 5.11. The van der Waals surface area contributed by atoms with E-state index in [-0.39, 0.29) is 23.0 Å². The van der Waals surface area contributed by atoms with Gasteiger partial charge in [-0.1, -0.05) is 0 Å². The van der Waals surface area contributed by atoms with Gasteiger partial charge in [-0.2, -0.15) is 5.26 Å². The van der Waals surface area contributed by atoms with Gasteiger partial charge in [-0.25, -0.2) is 4.79 Å². The summed E-state index contributed by atoms with van der Waals surface area (Å²) in [5.74, 6) is -1.99. The van der Waals surface area contributed by atoms with Gasteiger partial charge in [0.05, 0.1) is 16.6 Å². The van der Waals surface area contributed by atoms with Crippen LogP contribution >= 0.6 is 0 Å². The Kier molecular flexibility index (Phi) is 3.35. The molecule has 1 aromatic carbocycles. The number of carbonyl (C=O) groups is 1. The molecule has 8 heteroatoms. The van der Waals surface area contributed by atoms with E-state index in [1.54, 1.807) is 6.07 Å². The Balaban J connectivity index is 2.35. The Hall–Kier alpha value is -3.34. The van der Waals surface area contributed by atoms with Gasteiger partial charge >= 0.3 is 11.7 Å². The van der Waals surface area contributed by atoms with Crippen LogP contribution in [0.3, 0.4) is 0 Å². The Morgan fingerprint density at radius 1 is 1.40 bits per heavy atom. The van der Waals surface area contributed by atoms with Gasteiger partial charge in [0, 0.05) is 12.1 Å². The van der Waals surface area contributed by atoms with E-state index < -0.39 is 16.6 Å². The quantitative estimate of drug-likeness (QED) is 0.670. The first-order valence-electron chi connectivity index (χ1n) is 5.21. The fraction of sp³-hybridized carbons (Fsp3) is 0. The van der Waals surface area contributed by atoms with Crippen molar-refractivity contribution in [3.63, 3.8) is 0 Å². The molecule has 0 radical (unpaired) electrons. The van der Waals surface area contributed by atoms with Crippen molar-refractivity contribution in [2.24, 2.45) is 0 Å². The zero-order chi connectivity index (χ0) is 14.7. The molecule has 0 amide bonds. The van der Waals surface area contributed by atoms with E-state index >= 15 is 0 Å². The molecule has 0 atom stereocenters. The van der Waals surface area contributed by atoms with Crippen molar-refractivity contribution in [2.75, 3.05) is 0 Å². The van der Waals surface area contributed by atoms with Crippen LogP contribution < -0.4 is 4.74 Å². The van der Waals surface area contributed by atoms with Crippen molar-refractivity contribution in [2.45, 2.75) is 0 Å². The summed E-state index contributed by atoms with van der Waals surface area (Å²) in [5, 5.41) is 28.3. The highest BCUT2D eigenvalue weighted by molar-refractivity contribution is 5.84. The molecule has 8 nitrogen and oxygen atoms in total. The predicted octanol–water partition coefficient (Wildman–Crippen LogP) is 2.55. The average Bonchev–Trinajstić information content (AvgIpc) is 2.87. The van der Waals surface area contributed by atoms with Gasteiger partial charge in [0.2, 0.25) is 11.5 Å². The number of hydrogen-bond acceptors (Lipinski definition) is 6. The Morgan fingerprint density at radius 3 is 2.70 bits per heavy atom. The number of benzene rings is 1. The van der Waals surface area contributed by atoms with E-state index in [1.807, 2.05) is 0 Å². The number of carboxylic acids is 1. The number of aromatic carboxylic acids is 1. The number of ether oxygens (including phenoxy) is 1. The lowest BCUT2D eigenvalue weighted by Crippen LogP contribution is -1.94. The molecule has 2 aromatic rings. The minimum Gasteiger partial charge on any atom is -0.475 e. The fourth-order valence-electron chi connectivity index (χ4n) is 1.41. The number of carboxylic acid groups (broad SMARTS) is 1. The molecule has 100 valence electrons. The van der Waals surface area contributed by atoms with Gasteiger partial charge in [-0.05, 0) is 18.2 Å². The lowest BCUT2D eigenvalue weighted by atomic mass is 10.2. The number of nitro groups is 1. The van der Waals surface area contributed by atoms with Gasteiger partial charge < -0.3 is 14.3 Å². The number of nitriles is 1. The van der Waals surface area contributed by atoms with Crippen LogP contribution in [-0.2, 0) is 0 Å². The summed E-state index contributed by atoms with van der Waals surface area (Å²) in [4.78, 5) is 20.8. The summed E-state index contributed by atoms with van der Waals surface area (Å²) in [6.07, 6.45) is 0. The first kappa shape index (κ1) is 13.1. The van der Waals surface area contributed by atoms with E-state index in [4.69, 9.17) is 19.5 Å². The molecule has 0 aliphatic heterocycles. The highest BCUT2D eigenvalue weighted by atomic mass is 16.6. The maximum atomic E-state index is 10.9. The van der Waals surface area contributed by atoms with Crippen LogP contribution in [0.15, 0.2) is 34.7 Å². The van der Waals surface area contributed by atoms with Crippen molar-refractivity contribution in [3.8, 4) is 17.8 Å². The Morgan fingerprint density at radius 2 is 2.15 bits per heavy atom. The molecule has 1 aromatic heterocycles. The monoisotopic (exact) mass is 274 g/mol. The summed E-state index contributed by atoms with van der Waals surface area (Å²) >= 11 is 0. The largest absolute Gasteiger partial charge is 0.475 e. The highest BCUT2D eigenvalue weighted by Crippen LogP contribution is 2.32. The van der Waals surface area contributed by atoms with Gasteiger partial charge in [-0.15, -0.1) is 0 Å². The molecule has 0 fully saturated rings. The molecule has 0 aliphatic carbocycles. The summed E-state index contributed by atoms with van der Waals surface area (Å²) in [5.41, 5.74) is -0.313. The van der Waals surface area contributed by atoms with Crippen molar-refractivity contribution in [1.29, 1.82) is 5.26 Å². The zero-order valence-corrected chi connectivity index (χ0v) is 9.77. The maximum absolute atomic E-state index is 10.9. The van der Waals surface area contributed by atoms with Gasteiger partial charge in [0.1, 0.15) is 0 Å². The molecular weight excluding hydrogens is 268 g/mol. The third-order valence-corrected chi connectivity index (χ3v) is 2.29. The molecule has 0 bridgehead atoms. The number of hydrogen-bond donors (Lipinski definition) is 1. The lowest BCUT2D eigenvalue weighted by molar-refractivity contribution is -0.385. The molecule has 0 unspecified atom stereocenters. The summed E-state index contributed by atoms with van der Waals surface area (Å²) in [7, 11) is 0. The summed E-state index contributed by atoms with van der Waals surface area (Å²) < 4.78 is 9.95. The first-order chi connectivity index (χ1) is 9.51. The van der Waals surface area contributed by atoms with E-state index in [0.29, 0.717) is 0 Å². The van der Waals surface area contributed by atoms with Crippen molar-refractivity contribution < 1.29 is 24.0 Å². The third-order valence-electron chi connectivity index (χ3n) is 2.29. The standard InChI is InChI=1S/C12H6N2O6/c13-6-7-1-2-9(8(5-7)14(17)18)19-11-4-3-10(20-11)12(15)16/h1-5H,(H,15,16). The number of furan rings is 1. The van der Waals surface area contributed by atoms with Crippen molar-refractivity contribution in [3.05, 3.63) is 51.8 Å². The number of nitrogens with zero attached hydrogens (tertiary/aromatic N) is 2. The minimum absolute atomic E-state index is 0.106. The molecule has 2 rings (SSSR count). The van der Waals surface area contributed by atoms with Crippen LogP contribution in [0.5, 0.6) is 11.7 Å². The van der Waals surface area contributed by atoms with Gasteiger partial charge in [0.25, 0.3) is 5.95 Å². The summed E-state index contributed by atoms with van der Waals surface area (Å²) in [6, 6.07) is 7.78. The predicted molar refractivity (Wildman–Crippen MR) is 63.6 cm³/mol. The lowest BCUT2D eigenvalue weighted by Gasteiger charge is -2.03. The molecule has 0 saturated heterocycles. The van der Waals surface area contributed by atoms with E-state index in [0.717, 1.165) is 12.1 Å². The van der Waals surface area contributed by atoms with Crippen LogP contribution in [0, 0.1) is 21.4 Å². The van der Waals surface area contributed by atoms with E-state index in [2.05, 4.69) is 0 Å². The van der Waals surface area contributed by atoms with E-state index in [9.17, 15) is 14.9 Å². The van der Waals surface area contributed by atoms with Crippen LogP contribution in [0.1, 0.15) is 16.1 Å². The third kappa shape index (κ3) is 2.56. The smallest absolute Gasteiger partial charge is 0.371 e. The first-order valence-corrected chi connectivity index (χ1v) is 5.21. The molecule has 20 heavy (non-hydrogen) atoms. The zero-order valence-electron chi connectivity index (χ0n) is 9.77. The average molecular weight is 274 g/mol. The molecule has 0 spiro atoms. The summed E-state index contributed by atoms with van der Waals surface area (Å²) in [6.45, 7) is 0. The molecular formula is C12H6N2O6. The topological polar surface area (TPSA) is 127 Å². The Labute approximate surface area is 111 Å². The minimum atomic E-state index is -1.28. The Bertz CT molecular complexity index is 728. The molecule has 1 heterocycles. The number of rotatable bonds is 4. The molecule has 1 N–H and O–H groups in total. The van der Waals surface area contributed by atoms with Crippen LogP contribution in [0.25, 0.3) is 0 Å². The second-order valence-corrected chi connectivity index (χ2v) is 3.58. The van der Waals surface area contributed by atoms with Gasteiger partial charge in [0.15, 0.2) is 0 Å².